The molecule has 1 fully saturated rings. The van der Waals surface area contributed by atoms with Gasteiger partial charge in [0.15, 0.2) is 12.1 Å². The number of allylic oxidation sites excluding steroid dienone is 3. The smallest absolute Gasteiger partial charge is 0.185 e. The van der Waals surface area contributed by atoms with Crippen molar-refractivity contribution in [2.45, 2.75) is 39.5 Å². The monoisotopic (exact) mass is 470 g/mol. The fourth-order valence-corrected chi connectivity index (χ4v) is 4.52. The predicted molar refractivity (Wildman–Crippen MR) is 133 cm³/mol. The molecule has 1 aliphatic heterocycles. The molecule has 1 aliphatic carbocycles. The molecule has 1 heterocycles. The number of carbonyl (C=O) groups excluding carboxylic acids is 1. The van der Waals surface area contributed by atoms with Crippen molar-refractivity contribution in [2.75, 3.05) is 39.3 Å². The summed E-state index contributed by atoms with van der Waals surface area (Å²) >= 11 is 0. The molecule has 7 nitrogen and oxygen atoms in total. The van der Waals surface area contributed by atoms with Gasteiger partial charge in [-0.2, -0.15) is 0 Å². The third-order valence-electron chi connectivity index (χ3n) is 6.63. The van der Waals surface area contributed by atoms with Gasteiger partial charge in [0.1, 0.15) is 17.3 Å². The van der Waals surface area contributed by atoms with Crippen LogP contribution in [0.1, 0.15) is 50.7 Å². The van der Waals surface area contributed by atoms with E-state index in [1.54, 1.807) is 6.07 Å². The third kappa shape index (κ3) is 5.56. The minimum Gasteiger partial charge on any atom is -0.508 e. The Labute approximate surface area is 201 Å². The number of hydrogen-bond acceptors (Lipinski definition) is 6. The third-order valence-corrected chi connectivity index (χ3v) is 6.63. The second kappa shape index (κ2) is 11.0. The Kier molecular flexibility index (Phi) is 8.28. The van der Waals surface area contributed by atoms with Gasteiger partial charge in [-0.25, -0.2) is 4.39 Å². The van der Waals surface area contributed by atoms with Gasteiger partial charge in [0.05, 0.1) is 5.70 Å². The standard InChI is InChI=1S/C26H35FN4O3/c1-5-29-8-10-30(11-9-29)15-19-6-7-20(12-23(19)27)31(26(28)16-32)18(4)22-13-21(17(2)3)24(33)14-25(22)34/h12-14,16-17,28,33-34H,4-11,15H2,1-3H3. The first kappa shape index (κ1) is 25.6. The molecule has 0 amide bonds. The predicted octanol–water partition coefficient (Wildman–Crippen LogP) is 4.21. The summed E-state index contributed by atoms with van der Waals surface area (Å²) in [5.41, 5.74) is 2.19. The highest BCUT2D eigenvalue weighted by molar-refractivity contribution is 6.27. The topological polar surface area (TPSA) is 91.1 Å². The van der Waals surface area contributed by atoms with Gasteiger partial charge >= 0.3 is 0 Å². The van der Waals surface area contributed by atoms with Gasteiger partial charge in [-0.15, -0.1) is 0 Å². The lowest BCUT2D eigenvalue weighted by Gasteiger charge is -2.35. The summed E-state index contributed by atoms with van der Waals surface area (Å²) in [6.07, 6.45) is 2.64. The highest BCUT2D eigenvalue weighted by atomic mass is 19.1. The number of halogens is 1. The molecular weight excluding hydrogens is 435 g/mol. The van der Waals surface area contributed by atoms with Crippen LogP contribution in [0.25, 0.3) is 5.70 Å². The van der Waals surface area contributed by atoms with Gasteiger partial charge < -0.3 is 15.1 Å². The van der Waals surface area contributed by atoms with Crippen LogP contribution in [-0.2, 0) is 4.79 Å². The molecule has 0 aromatic heterocycles. The van der Waals surface area contributed by atoms with Gasteiger partial charge in [0.25, 0.3) is 0 Å². The molecule has 8 heteroatoms. The average Bonchev–Trinajstić information content (AvgIpc) is 2.81. The minimum absolute atomic E-state index is 0.0258. The van der Waals surface area contributed by atoms with Gasteiger partial charge in [0, 0.05) is 50.1 Å². The highest BCUT2D eigenvalue weighted by Gasteiger charge is 2.27. The first-order valence-electron chi connectivity index (χ1n) is 11.8. The van der Waals surface area contributed by atoms with Crippen LogP contribution in [0.15, 0.2) is 41.9 Å². The number of phenols is 2. The number of benzene rings is 1. The first-order chi connectivity index (χ1) is 16.2. The Bertz CT molecular complexity index is 1020. The summed E-state index contributed by atoms with van der Waals surface area (Å²) in [4.78, 5) is 17.5. The lowest BCUT2D eigenvalue weighted by atomic mass is 9.96. The second-order valence-electron chi connectivity index (χ2n) is 9.17. The molecule has 0 atom stereocenters. The van der Waals surface area contributed by atoms with E-state index in [4.69, 9.17) is 5.41 Å². The fraction of sp³-hybridized carbons (Fsp3) is 0.462. The molecule has 1 aromatic carbocycles. The van der Waals surface area contributed by atoms with Crippen molar-refractivity contribution in [1.82, 2.24) is 14.7 Å². The van der Waals surface area contributed by atoms with E-state index in [1.807, 2.05) is 13.8 Å². The lowest BCUT2D eigenvalue weighted by molar-refractivity contribution is -0.103. The summed E-state index contributed by atoms with van der Waals surface area (Å²) in [5.74, 6) is -1.05. The van der Waals surface area contributed by atoms with Crippen LogP contribution in [-0.4, -0.2) is 76.3 Å². The van der Waals surface area contributed by atoms with Gasteiger partial charge in [-0.3, -0.25) is 20.0 Å². The molecule has 0 spiro atoms. The maximum absolute atomic E-state index is 15.2. The average molecular weight is 471 g/mol. The number of aldehydes is 1. The Morgan fingerprint density at radius 2 is 1.82 bits per heavy atom. The second-order valence-corrected chi connectivity index (χ2v) is 9.17. The number of phenolic OH excluding ortho intramolecular Hbond substituents is 2. The number of carbonyl (C=O) groups is 1. The maximum Gasteiger partial charge on any atom is 0.185 e. The van der Waals surface area contributed by atoms with Crippen molar-refractivity contribution in [1.29, 1.82) is 5.41 Å². The molecule has 1 saturated heterocycles. The number of likely N-dealkylation sites (N-methyl/N-ethyl adjacent to an activating group) is 1. The zero-order valence-electron chi connectivity index (χ0n) is 20.3. The number of hydrogen-bond donors (Lipinski definition) is 3. The molecule has 0 bridgehead atoms. The van der Waals surface area contributed by atoms with Crippen LogP contribution in [0.2, 0.25) is 0 Å². The molecule has 2 aliphatic rings. The molecule has 34 heavy (non-hydrogen) atoms. The zero-order chi connectivity index (χ0) is 25.0. The van der Waals surface area contributed by atoms with Gasteiger partial charge in [-0.1, -0.05) is 27.4 Å². The largest absolute Gasteiger partial charge is 0.508 e. The minimum atomic E-state index is -0.401. The normalized spacial score (nSPS) is 17.6. The molecular formula is C26H35FN4O3. The summed E-state index contributed by atoms with van der Waals surface area (Å²) in [7, 11) is 0. The molecule has 1 aromatic rings. The molecule has 0 saturated carbocycles. The van der Waals surface area contributed by atoms with Crippen LogP contribution in [0.4, 0.5) is 4.39 Å². The van der Waals surface area contributed by atoms with Crippen molar-refractivity contribution in [3.8, 4) is 11.5 Å². The Morgan fingerprint density at radius 1 is 1.18 bits per heavy atom. The molecule has 0 radical (unpaired) electrons. The van der Waals surface area contributed by atoms with Crippen LogP contribution < -0.4 is 0 Å². The van der Waals surface area contributed by atoms with E-state index in [9.17, 15) is 15.0 Å². The van der Waals surface area contributed by atoms with E-state index >= 15 is 4.39 Å². The maximum atomic E-state index is 15.2. The van der Waals surface area contributed by atoms with Crippen LogP contribution in [0.3, 0.4) is 0 Å². The van der Waals surface area contributed by atoms with E-state index in [1.165, 1.54) is 17.0 Å². The zero-order valence-corrected chi connectivity index (χ0v) is 20.3. The Hall–Kier alpha value is -2.97. The van der Waals surface area contributed by atoms with E-state index in [0.717, 1.165) is 32.7 Å². The summed E-state index contributed by atoms with van der Waals surface area (Å²) in [5, 5.41) is 28.8. The SMILES string of the molecule is C=C(c1cc(C(C)C)c(O)cc1O)N(C(=N)C=O)C1=CC(F)=C(CN2CCN(CC)CC2)CC1. The van der Waals surface area contributed by atoms with Crippen molar-refractivity contribution in [3.05, 3.63) is 53.0 Å². The van der Waals surface area contributed by atoms with Crippen molar-refractivity contribution >= 4 is 17.8 Å². The van der Waals surface area contributed by atoms with Crippen molar-refractivity contribution in [2.24, 2.45) is 0 Å². The van der Waals surface area contributed by atoms with Crippen molar-refractivity contribution < 1.29 is 19.4 Å². The molecule has 3 rings (SSSR count). The molecule has 0 unspecified atom stereocenters. The highest BCUT2D eigenvalue weighted by Crippen LogP contribution is 2.39. The Balaban J connectivity index is 1.87. The number of rotatable bonds is 8. The van der Waals surface area contributed by atoms with E-state index in [-0.39, 0.29) is 34.5 Å². The van der Waals surface area contributed by atoms with E-state index in [0.29, 0.717) is 42.5 Å². The summed E-state index contributed by atoms with van der Waals surface area (Å²) in [6, 6.07) is 2.82. The number of nitrogens with one attached hydrogen (secondary N) is 1. The number of piperazine rings is 1. The lowest BCUT2D eigenvalue weighted by Crippen LogP contribution is -2.46. The number of aromatic hydroxyl groups is 2. The molecule has 3 N–H and O–H groups in total. The van der Waals surface area contributed by atoms with Gasteiger partial charge in [0.2, 0.25) is 0 Å². The quantitative estimate of drug-likeness (QED) is 0.300. The number of nitrogens with zero attached hydrogens (tertiary/aromatic N) is 3. The summed E-state index contributed by atoms with van der Waals surface area (Å²) in [6.45, 7) is 15.3. The van der Waals surface area contributed by atoms with E-state index in [2.05, 4.69) is 23.3 Å². The first-order valence-corrected chi connectivity index (χ1v) is 11.8. The number of amidine groups is 1. The van der Waals surface area contributed by atoms with Gasteiger partial charge in [-0.05, 0) is 48.6 Å². The Morgan fingerprint density at radius 3 is 2.38 bits per heavy atom. The van der Waals surface area contributed by atoms with Crippen LogP contribution >= 0.6 is 0 Å². The van der Waals surface area contributed by atoms with Crippen LogP contribution in [0.5, 0.6) is 11.5 Å². The summed E-state index contributed by atoms with van der Waals surface area (Å²) < 4.78 is 15.2. The van der Waals surface area contributed by atoms with Crippen molar-refractivity contribution in [3.63, 3.8) is 0 Å². The van der Waals surface area contributed by atoms with E-state index < -0.39 is 5.84 Å². The van der Waals surface area contributed by atoms with Crippen LogP contribution in [0, 0.1) is 5.41 Å². The fourth-order valence-electron chi connectivity index (χ4n) is 4.52. The molecule has 184 valence electrons.